The zero-order chi connectivity index (χ0) is 17.8. The van der Waals surface area contributed by atoms with Crippen molar-refractivity contribution < 1.29 is 9.18 Å². The van der Waals surface area contributed by atoms with Crippen molar-refractivity contribution in [3.8, 4) is 0 Å². The van der Waals surface area contributed by atoms with Gasteiger partial charge in [-0.2, -0.15) is 5.10 Å². The van der Waals surface area contributed by atoms with Crippen LogP contribution in [0.25, 0.3) is 0 Å². The number of likely N-dealkylation sites (tertiary alicyclic amines) is 1. The van der Waals surface area contributed by atoms with Gasteiger partial charge in [-0.05, 0) is 30.4 Å². The summed E-state index contributed by atoms with van der Waals surface area (Å²) in [5.41, 5.74) is 1.05. The van der Waals surface area contributed by atoms with Gasteiger partial charge in [-0.25, -0.2) is 4.39 Å². The van der Waals surface area contributed by atoms with E-state index in [0.29, 0.717) is 32.4 Å². The van der Waals surface area contributed by atoms with Crippen molar-refractivity contribution in [1.29, 1.82) is 0 Å². The molecule has 0 saturated carbocycles. The molecule has 1 aliphatic rings. The smallest absolute Gasteiger partial charge is 0.222 e. The maximum Gasteiger partial charge on any atom is 0.222 e. The van der Waals surface area contributed by atoms with E-state index in [0.717, 1.165) is 12.2 Å². The lowest BCUT2D eigenvalue weighted by molar-refractivity contribution is -0.130. The topological polar surface area (TPSA) is 41.4 Å². The van der Waals surface area contributed by atoms with Gasteiger partial charge >= 0.3 is 0 Å². The third-order valence-electron chi connectivity index (χ3n) is 4.84. The fraction of sp³-hybridized carbons (Fsp3) is 0.556. The number of amides is 1. The van der Waals surface area contributed by atoms with Crippen LogP contribution in [-0.4, -0.2) is 57.8 Å². The first kappa shape index (κ1) is 18.1. The van der Waals surface area contributed by atoms with Gasteiger partial charge in [0.05, 0.1) is 0 Å². The lowest BCUT2D eigenvalue weighted by Gasteiger charge is -2.28. The van der Waals surface area contributed by atoms with Crippen LogP contribution >= 0.6 is 11.3 Å². The number of halogens is 1. The van der Waals surface area contributed by atoms with Crippen LogP contribution in [0.5, 0.6) is 0 Å². The number of hydrogen-bond acceptors (Lipinski definition) is 4. The Morgan fingerprint density at radius 3 is 3.00 bits per heavy atom. The van der Waals surface area contributed by atoms with Crippen molar-refractivity contribution in [1.82, 2.24) is 19.6 Å². The van der Waals surface area contributed by atoms with Gasteiger partial charge in [0.25, 0.3) is 0 Å². The van der Waals surface area contributed by atoms with Crippen LogP contribution in [0.2, 0.25) is 0 Å². The monoisotopic (exact) mass is 364 g/mol. The van der Waals surface area contributed by atoms with Crippen LogP contribution in [0.15, 0.2) is 29.8 Å². The number of thiophene rings is 1. The van der Waals surface area contributed by atoms with E-state index in [4.69, 9.17) is 0 Å². The zero-order valence-corrected chi connectivity index (χ0v) is 15.6. The SMILES string of the molecule is CN(C[C@@H]1C[C@H](F)CN1Cc1cccs1)C(=O)CCc1ccnn1C. The fourth-order valence-electron chi connectivity index (χ4n) is 3.40. The summed E-state index contributed by atoms with van der Waals surface area (Å²) in [6, 6.07) is 6.12. The van der Waals surface area contributed by atoms with Crippen LogP contribution in [-0.2, 0) is 24.8 Å². The molecule has 2 aromatic rings. The molecule has 1 aliphatic heterocycles. The Balaban J connectivity index is 1.52. The predicted molar refractivity (Wildman–Crippen MR) is 97.2 cm³/mol. The molecule has 7 heteroatoms. The molecular weight excluding hydrogens is 339 g/mol. The Morgan fingerprint density at radius 2 is 2.32 bits per heavy atom. The number of hydrogen-bond donors (Lipinski definition) is 0. The summed E-state index contributed by atoms with van der Waals surface area (Å²) in [6.45, 7) is 1.80. The van der Waals surface area contributed by atoms with Crippen molar-refractivity contribution >= 4 is 17.2 Å². The number of alkyl halides is 1. The molecule has 0 bridgehead atoms. The van der Waals surface area contributed by atoms with Gasteiger partial charge in [0, 0.05) is 63.0 Å². The van der Waals surface area contributed by atoms with Gasteiger partial charge in [-0.3, -0.25) is 14.4 Å². The van der Waals surface area contributed by atoms with Gasteiger partial charge in [0.15, 0.2) is 0 Å². The maximum absolute atomic E-state index is 13.9. The molecule has 3 heterocycles. The number of aryl methyl sites for hydroxylation is 2. The molecule has 136 valence electrons. The molecule has 0 radical (unpaired) electrons. The molecule has 1 saturated heterocycles. The largest absolute Gasteiger partial charge is 0.344 e. The average molecular weight is 364 g/mol. The summed E-state index contributed by atoms with van der Waals surface area (Å²) in [5.74, 6) is 0.0968. The van der Waals surface area contributed by atoms with E-state index in [1.807, 2.05) is 31.6 Å². The van der Waals surface area contributed by atoms with Crippen LogP contribution in [0.3, 0.4) is 0 Å². The third kappa shape index (κ3) is 4.67. The van der Waals surface area contributed by atoms with E-state index in [1.165, 1.54) is 4.88 Å². The first-order chi connectivity index (χ1) is 12.0. The molecule has 0 aromatic carbocycles. The fourth-order valence-corrected chi connectivity index (χ4v) is 4.13. The second-order valence-electron chi connectivity index (χ2n) is 6.72. The summed E-state index contributed by atoms with van der Waals surface area (Å²) >= 11 is 1.69. The van der Waals surface area contributed by atoms with Crippen LogP contribution in [0, 0.1) is 0 Å². The first-order valence-electron chi connectivity index (χ1n) is 8.64. The molecule has 0 N–H and O–H groups in total. The normalized spacial score (nSPS) is 20.9. The molecular formula is C18H25FN4OS. The Kier molecular flexibility index (Phi) is 5.86. The third-order valence-corrected chi connectivity index (χ3v) is 5.70. The summed E-state index contributed by atoms with van der Waals surface area (Å²) < 4.78 is 15.7. The van der Waals surface area contributed by atoms with Crippen LogP contribution in [0.1, 0.15) is 23.4 Å². The van der Waals surface area contributed by atoms with E-state index in [-0.39, 0.29) is 11.9 Å². The van der Waals surface area contributed by atoms with Crippen molar-refractivity contribution in [2.75, 3.05) is 20.1 Å². The van der Waals surface area contributed by atoms with E-state index in [2.05, 4.69) is 16.1 Å². The zero-order valence-electron chi connectivity index (χ0n) is 14.8. The highest BCUT2D eigenvalue weighted by molar-refractivity contribution is 7.09. The average Bonchev–Trinajstić information content (AvgIpc) is 3.29. The van der Waals surface area contributed by atoms with Gasteiger partial charge < -0.3 is 4.90 Å². The maximum atomic E-state index is 13.9. The minimum Gasteiger partial charge on any atom is -0.344 e. The summed E-state index contributed by atoms with van der Waals surface area (Å²) in [6.07, 6.45) is 2.57. The second kappa shape index (κ2) is 8.10. The Morgan fingerprint density at radius 1 is 1.48 bits per heavy atom. The molecule has 3 rings (SSSR count). The molecule has 25 heavy (non-hydrogen) atoms. The number of likely N-dealkylation sites (N-methyl/N-ethyl adjacent to an activating group) is 1. The summed E-state index contributed by atoms with van der Waals surface area (Å²) in [4.78, 5) is 17.6. The molecule has 2 atom stereocenters. The summed E-state index contributed by atoms with van der Waals surface area (Å²) in [5, 5.41) is 6.16. The Hall–Kier alpha value is -1.73. The van der Waals surface area contributed by atoms with E-state index in [9.17, 15) is 9.18 Å². The number of carbonyl (C=O) groups is 1. The minimum atomic E-state index is -0.803. The minimum absolute atomic E-state index is 0.0859. The van der Waals surface area contributed by atoms with Gasteiger partial charge in [-0.15, -0.1) is 11.3 Å². The van der Waals surface area contributed by atoms with Crippen molar-refractivity contribution in [3.63, 3.8) is 0 Å². The highest BCUT2D eigenvalue weighted by atomic mass is 32.1. The van der Waals surface area contributed by atoms with Gasteiger partial charge in [0.2, 0.25) is 5.91 Å². The van der Waals surface area contributed by atoms with Gasteiger partial charge in [0.1, 0.15) is 6.17 Å². The Bertz CT molecular complexity index is 687. The van der Waals surface area contributed by atoms with E-state index in [1.54, 1.807) is 27.1 Å². The molecule has 2 aromatic heterocycles. The quantitative estimate of drug-likeness (QED) is 0.758. The number of nitrogens with zero attached hydrogens (tertiary/aromatic N) is 4. The molecule has 5 nitrogen and oxygen atoms in total. The lowest BCUT2D eigenvalue weighted by Crippen LogP contribution is -2.40. The highest BCUT2D eigenvalue weighted by Gasteiger charge is 2.33. The summed E-state index contributed by atoms with van der Waals surface area (Å²) in [7, 11) is 3.70. The molecule has 1 fully saturated rings. The van der Waals surface area contributed by atoms with Crippen molar-refractivity contribution in [3.05, 3.63) is 40.3 Å². The van der Waals surface area contributed by atoms with Crippen molar-refractivity contribution in [2.45, 2.75) is 38.0 Å². The second-order valence-corrected chi connectivity index (χ2v) is 7.75. The van der Waals surface area contributed by atoms with Crippen LogP contribution < -0.4 is 0 Å². The molecule has 1 amide bonds. The predicted octanol–water partition coefficient (Wildman–Crippen LogP) is 2.49. The van der Waals surface area contributed by atoms with Crippen LogP contribution in [0.4, 0.5) is 4.39 Å². The Labute approximate surface area is 152 Å². The standard InChI is InChI=1S/C18H25FN4OS/c1-21(18(24)6-5-15-7-8-20-22(15)2)12-16-10-14(19)11-23(16)13-17-4-3-9-25-17/h3-4,7-9,14,16H,5-6,10-13H2,1-2H3/t14-,16-/m0/s1. The number of carbonyl (C=O) groups excluding carboxylic acids is 1. The molecule has 0 aliphatic carbocycles. The number of aromatic nitrogens is 2. The van der Waals surface area contributed by atoms with Crippen molar-refractivity contribution in [2.24, 2.45) is 7.05 Å². The number of rotatable bonds is 7. The first-order valence-corrected chi connectivity index (χ1v) is 9.52. The molecule has 0 unspecified atom stereocenters. The van der Waals surface area contributed by atoms with E-state index >= 15 is 0 Å². The molecule has 0 spiro atoms. The highest BCUT2D eigenvalue weighted by Crippen LogP contribution is 2.25. The van der Waals surface area contributed by atoms with E-state index < -0.39 is 6.17 Å². The van der Waals surface area contributed by atoms with Gasteiger partial charge in [-0.1, -0.05) is 6.07 Å². The lowest BCUT2D eigenvalue weighted by atomic mass is 10.1.